The Labute approximate surface area is 175 Å². The Kier molecular flexibility index (Phi) is 6.97. The number of nitrogens with zero attached hydrogens (tertiary/aromatic N) is 1. The Hall–Kier alpha value is -2.32. The SMILES string of the molecule is CCS(=O)(=O)c1ccc2oc(SCC(=O)NC(C)CCc3ccccc3)nc2c1. The lowest BCUT2D eigenvalue weighted by Gasteiger charge is -2.13. The smallest absolute Gasteiger partial charge is 0.257 e. The molecule has 1 aromatic heterocycles. The fraction of sp³-hybridized carbons (Fsp3) is 0.333. The van der Waals surface area contributed by atoms with Crippen molar-refractivity contribution in [3.05, 3.63) is 54.1 Å². The first kappa shape index (κ1) is 21.4. The number of thioether (sulfide) groups is 1. The van der Waals surface area contributed by atoms with Gasteiger partial charge < -0.3 is 9.73 Å². The van der Waals surface area contributed by atoms with Gasteiger partial charge in [-0.3, -0.25) is 4.79 Å². The number of aromatic nitrogens is 1. The zero-order valence-electron chi connectivity index (χ0n) is 16.4. The molecule has 0 bridgehead atoms. The van der Waals surface area contributed by atoms with Gasteiger partial charge in [-0.15, -0.1) is 0 Å². The molecule has 0 aliphatic carbocycles. The van der Waals surface area contributed by atoms with Gasteiger partial charge in [-0.2, -0.15) is 0 Å². The van der Waals surface area contributed by atoms with Gasteiger partial charge in [0.15, 0.2) is 15.4 Å². The molecule has 1 heterocycles. The molecule has 3 rings (SSSR count). The Morgan fingerprint density at radius 3 is 2.69 bits per heavy atom. The molecule has 0 spiro atoms. The van der Waals surface area contributed by atoms with E-state index in [1.165, 1.54) is 29.5 Å². The molecule has 0 radical (unpaired) electrons. The lowest BCUT2D eigenvalue weighted by atomic mass is 10.1. The van der Waals surface area contributed by atoms with E-state index in [4.69, 9.17) is 4.42 Å². The van der Waals surface area contributed by atoms with E-state index >= 15 is 0 Å². The minimum absolute atomic E-state index is 0.0284. The maximum Gasteiger partial charge on any atom is 0.257 e. The van der Waals surface area contributed by atoms with E-state index < -0.39 is 9.84 Å². The predicted octanol–water partition coefficient (Wildman–Crippen LogP) is 3.85. The van der Waals surface area contributed by atoms with Crippen LogP contribution in [0.25, 0.3) is 11.1 Å². The van der Waals surface area contributed by atoms with E-state index in [0.29, 0.717) is 16.3 Å². The average Bonchev–Trinajstić information content (AvgIpc) is 3.14. The third-order valence-corrected chi connectivity index (χ3v) is 7.08. The summed E-state index contributed by atoms with van der Waals surface area (Å²) in [6.45, 7) is 3.59. The molecule has 0 saturated carbocycles. The normalized spacial score (nSPS) is 12.8. The highest BCUT2D eigenvalue weighted by atomic mass is 32.2. The molecule has 0 aliphatic heterocycles. The number of hydrogen-bond donors (Lipinski definition) is 1. The molecule has 0 saturated heterocycles. The van der Waals surface area contributed by atoms with E-state index in [1.807, 2.05) is 25.1 Å². The molecular weight excluding hydrogens is 408 g/mol. The summed E-state index contributed by atoms with van der Waals surface area (Å²) in [4.78, 5) is 16.7. The molecule has 154 valence electrons. The van der Waals surface area contributed by atoms with E-state index in [2.05, 4.69) is 22.4 Å². The first-order valence-corrected chi connectivity index (χ1v) is 12.1. The number of amides is 1. The van der Waals surface area contributed by atoms with Gasteiger partial charge in [0.25, 0.3) is 5.22 Å². The maximum absolute atomic E-state index is 12.2. The largest absolute Gasteiger partial charge is 0.431 e. The molecule has 0 aliphatic rings. The van der Waals surface area contributed by atoms with Gasteiger partial charge >= 0.3 is 0 Å². The maximum atomic E-state index is 12.2. The zero-order chi connectivity index (χ0) is 20.9. The number of carbonyl (C=O) groups is 1. The van der Waals surface area contributed by atoms with E-state index in [1.54, 1.807) is 13.0 Å². The van der Waals surface area contributed by atoms with Crippen molar-refractivity contribution in [3.8, 4) is 0 Å². The molecule has 6 nitrogen and oxygen atoms in total. The fourth-order valence-corrected chi connectivity index (χ4v) is 4.40. The summed E-state index contributed by atoms with van der Waals surface area (Å²) in [6.07, 6.45) is 1.77. The van der Waals surface area contributed by atoms with E-state index in [-0.39, 0.29) is 28.4 Å². The molecule has 0 fully saturated rings. The standard InChI is InChI=1S/C21H24N2O4S2/c1-3-29(25,26)17-11-12-19-18(13-17)23-21(27-19)28-14-20(24)22-15(2)9-10-16-7-5-4-6-8-16/h4-8,11-13,15H,3,9-10,14H2,1-2H3,(H,22,24). The van der Waals surface area contributed by atoms with Crippen LogP contribution in [0.1, 0.15) is 25.8 Å². The summed E-state index contributed by atoms with van der Waals surface area (Å²) in [5, 5.41) is 3.33. The summed E-state index contributed by atoms with van der Waals surface area (Å²) >= 11 is 1.19. The van der Waals surface area contributed by atoms with Crippen LogP contribution in [0, 0.1) is 0 Å². The molecular formula is C21H24N2O4S2. The van der Waals surface area contributed by atoms with E-state index in [9.17, 15) is 13.2 Å². The van der Waals surface area contributed by atoms with Gasteiger partial charge in [0.2, 0.25) is 5.91 Å². The summed E-state index contributed by atoms with van der Waals surface area (Å²) in [6, 6.07) is 14.8. The molecule has 1 atom stereocenters. The number of hydrogen-bond acceptors (Lipinski definition) is 6. The van der Waals surface area contributed by atoms with Gasteiger partial charge in [0.1, 0.15) is 5.52 Å². The number of aryl methyl sites for hydroxylation is 1. The number of nitrogens with one attached hydrogen (secondary N) is 1. The van der Waals surface area contributed by atoms with Gasteiger partial charge in [0.05, 0.1) is 16.4 Å². The van der Waals surface area contributed by atoms with Crippen LogP contribution >= 0.6 is 11.8 Å². The number of benzene rings is 2. The third kappa shape index (κ3) is 5.83. The first-order chi connectivity index (χ1) is 13.9. The molecule has 1 amide bonds. The predicted molar refractivity (Wildman–Crippen MR) is 115 cm³/mol. The summed E-state index contributed by atoms with van der Waals surface area (Å²) in [5.74, 6) is 0.121. The van der Waals surface area contributed by atoms with Gasteiger partial charge in [0, 0.05) is 6.04 Å². The van der Waals surface area contributed by atoms with Crippen molar-refractivity contribution in [2.75, 3.05) is 11.5 Å². The van der Waals surface area contributed by atoms with Crippen molar-refractivity contribution in [2.45, 2.75) is 42.8 Å². The monoisotopic (exact) mass is 432 g/mol. The first-order valence-electron chi connectivity index (χ1n) is 9.47. The van der Waals surface area contributed by atoms with Gasteiger partial charge in [-0.05, 0) is 43.5 Å². The van der Waals surface area contributed by atoms with Crippen LogP contribution in [-0.2, 0) is 21.1 Å². The number of rotatable bonds is 9. The highest BCUT2D eigenvalue weighted by Crippen LogP contribution is 2.25. The summed E-state index contributed by atoms with van der Waals surface area (Å²) in [7, 11) is -3.30. The third-order valence-electron chi connectivity index (χ3n) is 4.52. The lowest BCUT2D eigenvalue weighted by Crippen LogP contribution is -2.34. The van der Waals surface area contributed by atoms with Gasteiger partial charge in [-0.1, -0.05) is 49.0 Å². The van der Waals surface area contributed by atoms with Crippen molar-refractivity contribution in [2.24, 2.45) is 0 Å². The van der Waals surface area contributed by atoms with Crippen LogP contribution < -0.4 is 5.32 Å². The molecule has 1 N–H and O–H groups in total. The van der Waals surface area contributed by atoms with Crippen LogP contribution in [-0.4, -0.2) is 36.9 Å². The van der Waals surface area contributed by atoms with Gasteiger partial charge in [-0.25, -0.2) is 13.4 Å². The second-order valence-electron chi connectivity index (χ2n) is 6.79. The van der Waals surface area contributed by atoms with Crippen molar-refractivity contribution in [1.82, 2.24) is 10.3 Å². The highest BCUT2D eigenvalue weighted by Gasteiger charge is 2.16. The lowest BCUT2D eigenvalue weighted by molar-refractivity contribution is -0.119. The fourth-order valence-electron chi connectivity index (χ4n) is 2.85. The van der Waals surface area contributed by atoms with Crippen molar-refractivity contribution in [3.63, 3.8) is 0 Å². The minimum Gasteiger partial charge on any atom is -0.431 e. The second kappa shape index (κ2) is 9.45. The molecule has 8 heteroatoms. The minimum atomic E-state index is -3.30. The number of sulfone groups is 1. The Bertz CT molecular complexity index is 1080. The van der Waals surface area contributed by atoms with Crippen molar-refractivity contribution in [1.29, 1.82) is 0 Å². The quantitative estimate of drug-likeness (QED) is 0.517. The number of oxazole rings is 1. The van der Waals surface area contributed by atoms with Crippen LogP contribution in [0.5, 0.6) is 0 Å². The number of fused-ring (bicyclic) bond motifs is 1. The Morgan fingerprint density at radius 2 is 1.97 bits per heavy atom. The Balaban J connectivity index is 1.52. The summed E-state index contributed by atoms with van der Waals surface area (Å²) < 4.78 is 29.6. The average molecular weight is 433 g/mol. The topological polar surface area (TPSA) is 89.3 Å². The summed E-state index contributed by atoms with van der Waals surface area (Å²) in [5.41, 5.74) is 2.22. The number of carbonyl (C=O) groups excluding carboxylic acids is 1. The van der Waals surface area contributed by atoms with Crippen LogP contribution in [0.3, 0.4) is 0 Å². The van der Waals surface area contributed by atoms with Crippen molar-refractivity contribution >= 4 is 38.6 Å². The molecule has 1 unspecified atom stereocenters. The van der Waals surface area contributed by atoms with Crippen molar-refractivity contribution < 1.29 is 17.6 Å². The van der Waals surface area contributed by atoms with Crippen LogP contribution in [0.4, 0.5) is 0 Å². The highest BCUT2D eigenvalue weighted by molar-refractivity contribution is 7.99. The molecule has 3 aromatic rings. The second-order valence-corrected chi connectivity index (χ2v) is 10.00. The Morgan fingerprint density at radius 1 is 1.21 bits per heavy atom. The van der Waals surface area contributed by atoms with E-state index in [0.717, 1.165) is 12.8 Å². The zero-order valence-corrected chi connectivity index (χ0v) is 18.1. The molecule has 29 heavy (non-hydrogen) atoms. The van der Waals surface area contributed by atoms with Crippen LogP contribution in [0.2, 0.25) is 0 Å². The molecule has 2 aromatic carbocycles. The van der Waals surface area contributed by atoms with Crippen LogP contribution in [0.15, 0.2) is 63.1 Å².